The van der Waals surface area contributed by atoms with Crippen LogP contribution < -0.4 is 29.2 Å². The summed E-state index contributed by atoms with van der Waals surface area (Å²) in [6.45, 7) is 4.71. The third kappa shape index (κ3) is 5.56. The first kappa shape index (κ1) is 26.5. The molecule has 9 nitrogen and oxygen atoms in total. The number of ether oxygens (including phenoxy) is 4. The van der Waals surface area contributed by atoms with Crippen molar-refractivity contribution in [1.82, 2.24) is 5.32 Å². The van der Waals surface area contributed by atoms with E-state index < -0.39 is 17.8 Å². The van der Waals surface area contributed by atoms with Crippen LogP contribution in [0.4, 0.5) is 10.5 Å². The Kier molecular flexibility index (Phi) is 7.73. The number of nitrogens with zero attached hydrogens (tertiary/aromatic N) is 1. The molecule has 0 bridgehead atoms. The van der Waals surface area contributed by atoms with Crippen LogP contribution in [0.2, 0.25) is 0 Å². The van der Waals surface area contributed by atoms with Gasteiger partial charge in [-0.15, -0.1) is 0 Å². The Morgan fingerprint density at radius 3 is 2.44 bits per heavy atom. The smallest absolute Gasteiger partial charge is 0.335 e. The predicted octanol–water partition coefficient (Wildman–Crippen LogP) is 5.23. The number of aryl methyl sites for hydroxylation is 1. The van der Waals surface area contributed by atoms with Crippen molar-refractivity contribution in [3.8, 4) is 23.0 Å². The Balaban J connectivity index is 1.42. The van der Waals surface area contributed by atoms with Crippen LogP contribution in [-0.4, -0.2) is 31.2 Å². The average Bonchev–Trinajstić information content (AvgIpc) is 3.39. The molecule has 10 heteroatoms. The maximum Gasteiger partial charge on any atom is 0.335 e. The molecule has 1 saturated heterocycles. The molecule has 0 radical (unpaired) electrons. The van der Waals surface area contributed by atoms with Crippen molar-refractivity contribution < 1.29 is 33.3 Å². The maximum atomic E-state index is 13.3. The minimum absolute atomic E-state index is 0.165. The molecule has 0 atom stereocenters. The second-order valence-electron chi connectivity index (χ2n) is 8.72. The van der Waals surface area contributed by atoms with Crippen LogP contribution >= 0.6 is 22.6 Å². The fourth-order valence-electron chi connectivity index (χ4n) is 4.20. The number of urea groups is 1. The minimum atomic E-state index is -0.789. The molecule has 3 aromatic carbocycles. The van der Waals surface area contributed by atoms with Gasteiger partial charge in [0.2, 0.25) is 6.79 Å². The summed E-state index contributed by atoms with van der Waals surface area (Å²) in [5.74, 6) is 0.891. The summed E-state index contributed by atoms with van der Waals surface area (Å²) >= 11 is 2.12. The first-order chi connectivity index (χ1) is 18.9. The molecule has 2 aliphatic heterocycles. The lowest BCUT2D eigenvalue weighted by Crippen LogP contribution is -2.54. The minimum Gasteiger partial charge on any atom is -0.490 e. The number of barbiturate groups is 1. The lowest BCUT2D eigenvalue weighted by Gasteiger charge is -2.26. The number of hydrogen-bond donors (Lipinski definition) is 1. The quantitative estimate of drug-likeness (QED) is 0.205. The van der Waals surface area contributed by atoms with Crippen molar-refractivity contribution in [2.75, 3.05) is 18.3 Å². The Labute approximate surface area is 238 Å². The van der Waals surface area contributed by atoms with Gasteiger partial charge in [-0.25, -0.2) is 9.69 Å². The third-order valence-electron chi connectivity index (χ3n) is 6.17. The molecule has 2 aliphatic rings. The van der Waals surface area contributed by atoms with E-state index >= 15 is 0 Å². The van der Waals surface area contributed by atoms with E-state index in [9.17, 15) is 14.4 Å². The van der Waals surface area contributed by atoms with E-state index in [1.165, 1.54) is 6.08 Å². The van der Waals surface area contributed by atoms with Crippen LogP contribution in [0.15, 0.2) is 60.2 Å². The van der Waals surface area contributed by atoms with Crippen molar-refractivity contribution in [2.45, 2.75) is 26.9 Å². The van der Waals surface area contributed by atoms with E-state index in [1.54, 1.807) is 24.3 Å². The highest BCUT2D eigenvalue weighted by atomic mass is 127. The maximum absolute atomic E-state index is 13.3. The molecule has 4 amide bonds. The number of anilines is 1. The summed E-state index contributed by atoms with van der Waals surface area (Å²) in [7, 11) is 0. The normalized spacial score (nSPS) is 15.5. The zero-order valence-corrected chi connectivity index (χ0v) is 23.4. The zero-order valence-electron chi connectivity index (χ0n) is 21.3. The molecule has 1 fully saturated rings. The van der Waals surface area contributed by atoms with E-state index in [-0.39, 0.29) is 19.0 Å². The van der Waals surface area contributed by atoms with Gasteiger partial charge in [-0.3, -0.25) is 14.9 Å². The van der Waals surface area contributed by atoms with Crippen molar-refractivity contribution >= 4 is 52.2 Å². The van der Waals surface area contributed by atoms with Gasteiger partial charge in [-0.2, -0.15) is 0 Å². The molecule has 39 heavy (non-hydrogen) atoms. The Morgan fingerprint density at radius 2 is 1.69 bits per heavy atom. The van der Waals surface area contributed by atoms with Crippen molar-refractivity contribution in [3.63, 3.8) is 0 Å². The van der Waals surface area contributed by atoms with Crippen molar-refractivity contribution in [2.24, 2.45) is 0 Å². The fourth-order valence-corrected chi connectivity index (χ4v) is 4.98. The summed E-state index contributed by atoms with van der Waals surface area (Å²) in [5.41, 5.74) is 2.72. The van der Waals surface area contributed by atoms with Gasteiger partial charge < -0.3 is 18.9 Å². The standard InChI is InChI=1S/C29H25IN2O7/c1-3-17-5-8-20(9-6-17)32-28(34)21(27(33)31-29(32)35)11-19-12-22(30)26(25(14-19)36-4-2)37-15-18-7-10-23-24(13-18)39-16-38-23/h5-14H,3-4,15-16H2,1-2H3,(H,31,33,35)/b21-11-. The number of carbonyl (C=O) groups excluding carboxylic acids is 3. The SMILES string of the molecule is CCOc1cc(/C=C2/C(=O)NC(=O)N(c3ccc(CC)cc3)C2=O)cc(I)c1OCc1ccc2c(c1)OCO2. The van der Waals surface area contributed by atoms with Gasteiger partial charge in [-0.05, 0) is 95.1 Å². The summed E-state index contributed by atoms with van der Waals surface area (Å²) in [6, 6.07) is 15.3. The summed E-state index contributed by atoms with van der Waals surface area (Å²) < 4.78 is 23.5. The number of imide groups is 2. The number of nitrogens with one attached hydrogen (secondary N) is 1. The highest BCUT2D eigenvalue weighted by Gasteiger charge is 2.37. The molecule has 200 valence electrons. The molecule has 5 rings (SSSR count). The summed E-state index contributed by atoms with van der Waals surface area (Å²) in [4.78, 5) is 39.5. The van der Waals surface area contributed by atoms with E-state index in [2.05, 4.69) is 27.9 Å². The molecule has 0 saturated carbocycles. The number of benzene rings is 3. The van der Waals surface area contributed by atoms with E-state index in [4.69, 9.17) is 18.9 Å². The fraction of sp³-hybridized carbons (Fsp3) is 0.207. The number of hydrogen-bond acceptors (Lipinski definition) is 7. The van der Waals surface area contributed by atoms with Gasteiger partial charge in [0, 0.05) is 0 Å². The van der Waals surface area contributed by atoms with Gasteiger partial charge in [0.1, 0.15) is 12.2 Å². The Morgan fingerprint density at radius 1 is 0.949 bits per heavy atom. The molecule has 0 spiro atoms. The average molecular weight is 640 g/mol. The predicted molar refractivity (Wildman–Crippen MR) is 152 cm³/mol. The third-order valence-corrected chi connectivity index (χ3v) is 6.97. The summed E-state index contributed by atoms with van der Waals surface area (Å²) in [6.07, 6.45) is 2.27. The van der Waals surface area contributed by atoms with Gasteiger partial charge in [0.25, 0.3) is 11.8 Å². The topological polar surface area (TPSA) is 103 Å². The molecular weight excluding hydrogens is 615 g/mol. The second kappa shape index (κ2) is 11.4. The Bertz CT molecular complexity index is 1480. The first-order valence-corrected chi connectivity index (χ1v) is 13.4. The molecule has 0 aromatic heterocycles. The molecule has 0 aliphatic carbocycles. The second-order valence-corrected chi connectivity index (χ2v) is 9.88. The van der Waals surface area contributed by atoms with Gasteiger partial charge in [0.05, 0.1) is 15.9 Å². The van der Waals surface area contributed by atoms with Crippen molar-refractivity contribution in [1.29, 1.82) is 0 Å². The van der Waals surface area contributed by atoms with E-state index in [1.807, 2.05) is 44.2 Å². The van der Waals surface area contributed by atoms with Gasteiger partial charge in [0.15, 0.2) is 23.0 Å². The number of fused-ring (bicyclic) bond motifs is 1. The van der Waals surface area contributed by atoms with Crippen LogP contribution in [0.3, 0.4) is 0 Å². The number of rotatable bonds is 8. The van der Waals surface area contributed by atoms with Crippen LogP contribution in [0.25, 0.3) is 6.08 Å². The largest absolute Gasteiger partial charge is 0.490 e. The van der Waals surface area contributed by atoms with Crippen LogP contribution in [0.1, 0.15) is 30.5 Å². The van der Waals surface area contributed by atoms with Crippen molar-refractivity contribution in [3.05, 3.63) is 80.4 Å². The van der Waals surface area contributed by atoms with Crippen LogP contribution in [0, 0.1) is 3.57 Å². The number of amides is 4. The van der Waals surface area contributed by atoms with Gasteiger partial charge >= 0.3 is 6.03 Å². The van der Waals surface area contributed by atoms with Crippen LogP contribution in [0.5, 0.6) is 23.0 Å². The molecule has 1 N–H and O–H groups in total. The molecule has 3 aromatic rings. The lowest BCUT2D eigenvalue weighted by molar-refractivity contribution is -0.122. The lowest BCUT2D eigenvalue weighted by atomic mass is 10.1. The highest BCUT2D eigenvalue weighted by Crippen LogP contribution is 2.37. The van der Waals surface area contributed by atoms with E-state index in [0.717, 1.165) is 26.0 Å². The van der Waals surface area contributed by atoms with E-state index in [0.29, 0.717) is 40.9 Å². The first-order valence-electron chi connectivity index (χ1n) is 12.4. The zero-order chi connectivity index (χ0) is 27.5. The molecule has 2 heterocycles. The summed E-state index contributed by atoms with van der Waals surface area (Å²) in [5, 5.41) is 2.26. The molecule has 0 unspecified atom stereocenters. The monoisotopic (exact) mass is 640 g/mol. The van der Waals surface area contributed by atoms with Gasteiger partial charge in [-0.1, -0.05) is 25.1 Å². The van der Waals surface area contributed by atoms with Crippen LogP contribution in [-0.2, 0) is 22.6 Å². The number of halogens is 1. The highest BCUT2D eigenvalue weighted by molar-refractivity contribution is 14.1. The Hall–Kier alpha value is -4.06. The number of carbonyl (C=O) groups is 3. The molecular formula is C29H25IN2O7.